The number of urea groups is 1. The highest BCUT2D eigenvalue weighted by Gasteiger charge is 2.43. The van der Waals surface area contributed by atoms with Gasteiger partial charge in [-0.15, -0.1) is 0 Å². The van der Waals surface area contributed by atoms with E-state index in [4.69, 9.17) is 0 Å². The van der Waals surface area contributed by atoms with Gasteiger partial charge < -0.3 is 4.57 Å². The average molecular weight is 381 g/mol. The molecule has 0 radical (unpaired) electrons. The van der Waals surface area contributed by atoms with Gasteiger partial charge >= 0.3 is 6.03 Å². The van der Waals surface area contributed by atoms with Crippen molar-refractivity contribution in [3.05, 3.63) is 48.5 Å². The van der Waals surface area contributed by atoms with Crippen molar-refractivity contribution in [1.82, 2.24) is 14.9 Å². The second-order valence-corrected chi connectivity index (χ2v) is 6.62. The van der Waals surface area contributed by atoms with E-state index in [1.807, 2.05) is 36.7 Å². The molecule has 2 aromatic rings. The molecule has 1 saturated heterocycles. The topological polar surface area (TPSA) is 96.7 Å². The summed E-state index contributed by atoms with van der Waals surface area (Å²) in [4.78, 5) is 47.2. The lowest BCUT2D eigenvalue weighted by molar-refractivity contribution is -0.131. The van der Waals surface area contributed by atoms with Gasteiger partial charge in [0.05, 0.1) is 12.0 Å². The highest BCUT2D eigenvalue weighted by Crippen LogP contribution is 2.22. The van der Waals surface area contributed by atoms with E-state index in [1.54, 1.807) is 24.7 Å². The van der Waals surface area contributed by atoms with Gasteiger partial charge in [0.2, 0.25) is 5.91 Å². The van der Waals surface area contributed by atoms with Crippen LogP contribution < -0.4 is 10.2 Å². The molecule has 1 atom stereocenters. The summed E-state index contributed by atoms with van der Waals surface area (Å²) in [5, 5.41) is 2.28. The second kappa shape index (κ2) is 8.60. The summed E-state index contributed by atoms with van der Waals surface area (Å²) in [5.41, 5.74) is 1.92. The van der Waals surface area contributed by atoms with Crippen molar-refractivity contribution in [3.8, 4) is 0 Å². The Labute approximate surface area is 163 Å². The van der Waals surface area contributed by atoms with E-state index >= 15 is 0 Å². The summed E-state index contributed by atoms with van der Waals surface area (Å²) < 4.78 is 1.94. The quantitative estimate of drug-likeness (QED) is 0.452. The lowest BCUT2D eigenvalue weighted by Crippen LogP contribution is -2.60. The average Bonchev–Trinajstić information content (AvgIpc) is 3.18. The van der Waals surface area contributed by atoms with Crippen LogP contribution in [0.2, 0.25) is 0 Å². The molecule has 1 aliphatic heterocycles. The maximum Gasteiger partial charge on any atom is 0.335 e. The van der Waals surface area contributed by atoms with E-state index in [2.05, 4.69) is 15.3 Å². The van der Waals surface area contributed by atoms with Crippen LogP contribution in [-0.2, 0) is 16.1 Å². The zero-order valence-corrected chi connectivity index (χ0v) is 16.0. The number of imidazole rings is 1. The molecular weight excluding hydrogens is 358 g/mol. The molecular formula is C20H23N5O3. The fraction of sp³-hybridized carbons (Fsp3) is 0.350. The van der Waals surface area contributed by atoms with Gasteiger partial charge in [0, 0.05) is 31.2 Å². The van der Waals surface area contributed by atoms with Crippen LogP contribution in [0, 0.1) is 12.8 Å². The number of hydrogen-bond acceptors (Lipinski definition) is 5. The Kier molecular flexibility index (Phi) is 5.98. The summed E-state index contributed by atoms with van der Waals surface area (Å²) in [7, 11) is 0. The lowest BCUT2D eigenvalue weighted by Gasteiger charge is -2.30. The number of carbonyl (C=O) groups is 3. The third-order valence-electron chi connectivity index (χ3n) is 4.60. The van der Waals surface area contributed by atoms with E-state index in [1.165, 1.54) is 0 Å². The Hall–Kier alpha value is -3.29. The van der Waals surface area contributed by atoms with Crippen LogP contribution in [0.25, 0.3) is 0 Å². The minimum Gasteiger partial charge on any atom is -0.337 e. The van der Waals surface area contributed by atoms with Gasteiger partial charge in [0.15, 0.2) is 5.92 Å². The first-order chi connectivity index (χ1) is 13.5. The number of aliphatic imine (C=N–C) groups is 1. The molecule has 0 bridgehead atoms. The van der Waals surface area contributed by atoms with Crippen LogP contribution in [0.3, 0.4) is 0 Å². The summed E-state index contributed by atoms with van der Waals surface area (Å²) in [6.07, 6.45) is 6.51. The first kappa shape index (κ1) is 19.5. The molecule has 1 unspecified atom stereocenters. The molecule has 8 heteroatoms. The largest absolute Gasteiger partial charge is 0.337 e. The molecule has 0 spiro atoms. The van der Waals surface area contributed by atoms with Gasteiger partial charge in [-0.25, -0.2) is 14.7 Å². The minimum absolute atomic E-state index is 0.432. The van der Waals surface area contributed by atoms with Crippen LogP contribution in [0.5, 0.6) is 0 Å². The Bertz CT molecular complexity index is 887. The first-order valence-corrected chi connectivity index (χ1v) is 9.25. The zero-order valence-electron chi connectivity index (χ0n) is 16.0. The van der Waals surface area contributed by atoms with E-state index in [0.29, 0.717) is 24.4 Å². The number of aromatic nitrogens is 2. The molecule has 3 rings (SSSR count). The van der Waals surface area contributed by atoms with E-state index < -0.39 is 23.8 Å². The number of rotatable bonds is 7. The van der Waals surface area contributed by atoms with E-state index in [9.17, 15) is 14.4 Å². The van der Waals surface area contributed by atoms with Crippen LogP contribution in [0.1, 0.15) is 25.3 Å². The Morgan fingerprint density at radius 2 is 1.96 bits per heavy atom. The molecule has 146 valence electrons. The van der Waals surface area contributed by atoms with Crippen molar-refractivity contribution in [1.29, 1.82) is 0 Å². The number of aryl methyl sites for hydroxylation is 2. The van der Waals surface area contributed by atoms with Gasteiger partial charge in [-0.1, -0.05) is 24.6 Å². The van der Waals surface area contributed by atoms with Crippen molar-refractivity contribution in [2.45, 2.75) is 33.2 Å². The molecule has 1 fully saturated rings. The standard InChI is InChI=1S/C20H23N5O3/c1-3-16(22-9-4-11-24-12-10-21-13-24)17-18(26)23-20(28)25(19(17)27)15-7-5-14(2)6-8-15/h5-8,10,12-13,17H,3-4,9,11H2,1-2H3,(H,23,26,28). The summed E-state index contributed by atoms with van der Waals surface area (Å²) >= 11 is 0. The van der Waals surface area contributed by atoms with Crippen molar-refractivity contribution in [3.63, 3.8) is 0 Å². The molecule has 1 aromatic carbocycles. The number of amides is 4. The van der Waals surface area contributed by atoms with E-state index in [-0.39, 0.29) is 0 Å². The maximum absolute atomic E-state index is 13.0. The summed E-state index contributed by atoms with van der Waals surface area (Å²) in [6.45, 7) is 5.00. The number of anilines is 1. The number of benzene rings is 1. The number of hydrogen-bond donors (Lipinski definition) is 1. The Morgan fingerprint density at radius 1 is 1.21 bits per heavy atom. The minimum atomic E-state index is -1.09. The molecule has 8 nitrogen and oxygen atoms in total. The number of nitrogens with zero attached hydrogens (tertiary/aromatic N) is 4. The number of nitrogens with one attached hydrogen (secondary N) is 1. The second-order valence-electron chi connectivity index (χ2n) is 6.62. The predicted octanol–water partition coefficient (Wildman–Crippen LogP) is 2.33. The van der Waals surface area contributed by atoms with Crippen molar-refractivity contribution in [2.24, 2.45) is 10.9 Å². The lowest BCUT2D eigenvalue weighted by atomic mass is 9.96. The van der Waals surface area contributed by atoms with Crippen molar-refractivity contribution < 1.29 is 14.4 Å². The number of barbiturate groups is 1. The number of imide groups is 2. The SMILES string of the molecule is CCC(=NCCCn1ccnc1)C1C(=O)NC(=O)N(c2ccc(C)cc2)C1=O. The van der Waals surface area contributed by atoms with Gasteiger partial charge in [-0.2, -0.15) is 0 Å². The third kappa shape index (κ3) is 4.16. The van der Waals surface area contributed by atoms with Crippen LogP contribution in [-0.4, -0.2) is 39.7 Å². The highest BCUT2D eigenvalue weighted by atomic mass is 16.2. The van der Waals surface area contributed by atoms with Gasteiger partial charge in [-0.3, -0.25) is 19.9 Å². The Morgan fingerprint density at radius 3 is 2.61 bits per heavy atom. The molecule has 1 aromatic heterocycles. The smallest absolute Gasteiger partial charge is 0.335 e. The normalized spacial score (nSPS) is 17.8. The zero-order chi connectivity index (χ0) is 20.1. The third-order valence-corrected chi connectivity index (χ3v) is 4.60. The molecule has 2 heterocycles. The molecule has 4 amide bonds. The number of carbonyl (C=O) groups excluding carboxylic acids is 3. The summed E-state index contributed by atoms with van der Waals surface area (Å²) in [5.74, 6) is -2.27. The highest BCUT2D eigenvalue weighted by molar-refractivity contribution is 6.35. The van der Waals surface area contributed by atoms with Crippen molar-refractivity contribution >= 4 is 29.2 Å². The van der Waals surface area contributed by atoms with Crippen molar-refractivity contribution in [2.75, 3.05) is 11.4 Å². The molecule has 1 aliphatic rings. The van der Waals surface area contributed by atoms with Crippen LogP contribution >= 0.6 is 0 Å². The maximum atomic E-state index is 13.0. The summed E-state index contributed by atoms with van der Waals surface area (Å²) in [6, 6.07) is 6.27. The fourth-order valence-electron chi connectivity index (χ4n) is 3.11. The van der Waals surface area contributed by atoms with Gasteiger partial charge in [0.25, 0.3) is 5.91 Å². The first-order valence-electron chi connectivity index (χ1n) is 9.25. The molecule has 1 N–H and O–H groups in total. The van der Waals surface area contributed by atoms with Crippen LogP contribution in [0.4, 0.5) is 10.5 Å². The van der Waals surface area contributed by atoms with E-state index in [0.717, 1.165) is 23.4 Å². The molecule has 0 aliphatic carbocycles. The van der Waals surface area contributed by atoms with Crippen LogP contribution in [0.15, 0.2) is 48.0 Å². The fourth-order valence-corrected chi connectivity index (χ4v) is 3.11. The predicted molar refractivity (Wildman–Crippen MR) is 105 cm³/mol. The van der Waals surface area contributed by atoms with Gasteiger partial charge in [-0.05, 0) is 31.9 Å². The molecule has 28 heavy (non-hydrogen) atoms. The molecule has 0 saturated carbocycles. The van der Waals surface area contributed by atoms with Gasteiger partial charge in [0.1, 0.15) is 0 Å². The Balaban J connectivity index is 1.76. The monoisotopic (exact) mass is 381 g/mol.